The second-order valence-corrected chi connectivity index (χ2v) is 2.48. The normalized spacial score (nSPS) is 10.8. The van der Waals surface area contributed by atoms with Gasteiger partial charge in [0.1, 0.15) is 0 Å². The lowest BCUT2D eigenvalue weighted by Crippen LogP contribution is -2.26. The van der Waals surface area contributed by atoms with Crippen molar-refractivity contribution in [3.05, 3.63) is 0 Å². The van der Waals surface area contributed by atoms with Gasteiger partial charge in [0.15, 0.2) is 0 Å². The molecule has 0 bridgehead atoms. The lowest BCUT2D eigenvalue weighted by molar-refractivity contribution is 0.299. The van der Waals surface area contributed by atoms with Gasteiger partial charge in [-0.05, 0) is 39.6 Å². The minimum Gasteiger partial charge on any atom is -0.320 e. The van der Waals surface area contributed by atoms with Crippen LogP contribution in [0.2, 0.25) is 0 Å². The van der Waals surface area contributed by atoms with Crippen molar-refractivity contribution >= 4 is 0 Å². The fourth-order valence-electron chi connectivity index (χ4n) is 1.02. The molecule has 0 amide bonds. The SMILES string of the molecule is CCN(CC)CCCNC.[HH]. The van der Waals surface area contributed by atoms with Gasteiger partial charge in [-0.3, -0.25) is 0 Å². The molecule has 64 valence electrons. The highest BCUT2D eigenvalue weighted by Crippen LogP contribution is 1.88. The van der Waals surface area contributed by atoms with E-state index in [2.05, 4.69) is 24.1 Å². The van der Waals surface area contributed by atoms with Gasteiger partial charge in [-0.2, -0.15) is 0 Å². The fourth-order valence-corrected chi connectivity index (χ4v) is 1.02. The molecule has 0 fully saturated rings. The molecule has 0 aliphatic rings. The van der Waals surface area contributed by atoms with E-state index in [0.29, 0.717) is 0 Å². The molecule has 0 atom stereocenters. The number of nitrogens with zero attached hydrogens (tertiary/aromatic N) is 1. The Kier molecular flexibility index (Phi) is 6.98. The van der Waals surface area contributed by atoms with Gasteiger partial charge in [0, 0.05) is 1.43 Å². The lowest BCUT2D eigenvalue weighted by atomic mass is 10.4. The molecule has 0 aromatic carbocycles. The van der Waals surface area contributed by atoms with Crippen LogP contribution in [0, 0.1) is 0 Å². The standard InChI is InChI=1S/C8H20N2.H2/c1-4-10(5-2)8-6-7-9-3;/h9H,4-8H2,1-3H3;1H. The highest BCUT2D eigenvalue weighted by molar-refractivity contribution is 4.52. The highest BCUT2D eigenvalue weighted by Gasteiger charge is 1.95. The maximum absolute atomic E-state index is 3.14. The Labute approximate surface area is 66.1 Å². The molecular formula is C8H22N2. The van der Waals surface area contributed by atoms with E-state index >= 15 is 0 Å². The maximum atomic E-state index is 3.14. The average Bonchev–Trinajstić information content (AvgIpc) is 1.99. The van der Waals surface area contributed by atoms with Crippen molar-refractivity contribution < 1.29 is 1.43 Å². The summed E-state index contributed by atoms with van der Waals surface area (Å²) in [6.45, 7) is 9.15. The van der Waals surface area contributed by atoms with Crippen molar-refractivity contribution in [2.24, 2.45) is 0 Å². The van der Waals surface area contributed by atoms with E-state index in [9.17, 15) is 0 Å². The second kappa shape index (κ2) is 7.03. The molecule has 0 aliphatic carbocycles. The van der Waals surface area contributed by atoms with Gasteiger partial charge in [0.05, 0.1) is 0 Å². The molecule has 0 aromatic rings. The van der Waals surface area contributed by atoms with Crippen LogP contribution in [0.1, 0.15) is 21.7 Å². The van der Waals surface area contributed by atoms with Gasteiger partial charge >= 0.3 is 0 Å². The summed E-state index contributed by atoms with van der Waals surface area (Å²) in [6, 6.07) is 0. The van der Waals surface area contributed by atoms with E-state index in [1.807, 2.05) is 7.05 Å². The molecule has 0 aromatic heterocycles. The van der Waals surface area contributed by atoms with Crippen LogP contribution >= 0.6 is 0 Å². The molecule has 0 spiro atoms. The van der Waals surface area contributed by atoms with Crippen molar-refractivity contribution in [1.82, 2.24) is 10.2 Å². The third kappa shape index (κ3) is 4.77. The molecule has 1 N–H and O–H groups in total. The van der Waals surface area contributed by atoms with Gasteiger partial charge < -0.3 is 10.2 Å². The molecule has 0 radical (unpaired) electrons. The molecule has 10 heavy (non-hydrogen) atoms. The second-order valence-electron chi connectivity index (χ2n) is 2.48. The lowest BCUT2D eigenvalue weighted by Gasteiger charge is -2.17. The molecule has 2 heteroatoms. The van der Waals surface area contributed by atoms with E-state index in [1.165, 1.54) is 26.1 Å². The van der Waals surface area contributed by atoms with Crippen molar-refractivity contribution in [3.63, 3.8) is 0 Å². The zero-order chi connectivity index (χ0) is 7.82. The van der Waals surface area contributed by atoms with Crippen LogP contribution in [0.5, 0.6) is 0 Å². The Balaban J connectivity index is 0. The molecule has 2 nitrogen and oxygen atoms in total. The summed E-state index contributed by atoms with van der Waals surface area (Å²) in [5, 5.41) is 3.14. The van der Waals surface area contributed by atoms with Crippen molar-refractivity contribution in [2.75, 3.05) is 33.2 Å². The van der Waals surface area contributed by atoms with Crippen molar-refractivity contribution in [1.29, 1.82) is 0 Å². The van der Waals surface area contributed by atoms with Gasteiger partial charge in [0.25, 0.3) is 0 Å². The van der Waals surface area contributed by atoms with Crippen LogP contribution < -0.4 is 5.32 Å². The summed E-state index contributed by atoms with van der Waals surface area (Å²) in [5.74, 6) is 0. The number of rotatable bonds is 6. The Hall–Kier alpha value is -0.0800. The molecule has 0 saturated heterocycles. The summed E-state index contributed by atoms with van der Waals surface area (Å²) >= 11 is 0. The number of nitrogens with one attached hydrogen (secondary N) is 1. The Bertz CT molecular complexity index is 65.1. The van der Waals surface area contributed by atoms with E-state index in [1.54, 1.807) is 0 Å². The average molecular weight is 146 g/mol. The van der Waals surface area contributed by atoms with Crippen LogP contribution in [0.25, 0.3) is 0 Å². The largest absolute Gasteiger partial charge is 0.320 e. The first-order chi connectivity index (χ1) is 4.85. The molecule has 0 rings (SSSR count). The summed E-state index contributed by atoms with van der Waals surface area (Å²) in [4.78, 5) is 2.44. The summed E-state index contributed by atoms with van der Waals surface area (Å²) < 4.78 is 0. The van der Waals surface area contributed by atoms with Crippen molar-refractivity contribution in [2.45, 2.75) is 20.3 Å². The zero-order valence-electron chi connectivity index (χ0n) is 7.48. The Morgan fingerprint density at radius 1 is 1.30 bits per heavy atom. The van der Waals surface area contributed by atoms with Gasteiger partial charge in [-0.25, -0.2) is 0 Å². The third-order valence-electron chi connectivity index (χ3n) is 1.80. The van der Waals surface area contributed by atoms with Crippen LogP contribution in [0.4, 0.5) is 0 Å². The fraction of sp³-hybridized carbons (Fsp3) is 1.00. The molecular weight excluding hydrogens is 124 g/mol. The quantitative estimate of drug-likeness (QED) is 0.566. The third-order valence-corrected chi connectivity index (χ3v) is 1.80. The van der Waals surface area contributed by atoms with Crippen LogP contribution in [0.3, 0.4) is 0 Å². The molecule has 0 heterocycles. The first-order valence-electron chi connectivity index (χ1n) is 4.22. The van der Waals surface area contributed by atoms with Crippen LogP contribution in [-0.2, 0) is 0 Å². The molecule has 0 aliphatic heterocycles. The smallest absolute Gasteiger partial charge is 0 e. The van der Waals surface area contributed by atoms with E-state index in [0.717, 1.165) is 6.54 Å². The zero-order valence-corrected chi connectivity index (χ0v) is 7.48. The summed E-state index contributed by atoms with van der Waals surface area (Å²) in [6.07, 6.45) is 1.26. The van der Waals surface area contributed by atoms with Crippen LogP contribution in [0.15, 0.2) is 0 Å². The first-order valence-corrected chi connectivity index (χ1v) is 4.22. The van der Waals surface area contributed by atoms with E-state index < -0.39 is 0 Å². The molecule has 0 unspecified atom stereocenters. The van der Waals surface area contributed by atoms with E-state index in [4.69, 9.17) is 0 Å². The number of hydrogen-bond donors (Lipinski definition) is 1. The summed E-state index contributed by atoms with van der Waals surface area (Å²) in [5.41, 5.74) is 0. The van der Waals surface area contributed by atoms with Gasteiger partial charge in [-0.15, -0.1) is 0 Å². The first kappa shape index (κ1) is 9.92. The Morgan fingerprint density at radius 3 is 2.30 bits per heavy atom. The predicted octanol–water partition coefficient (Wildman–Crippen LogP) is 1.18. The minimum absolute atomic E-state index is 0. The monoisotopic (exact) mass is 146 g/mol. The Morgan fingerprint density at radius 2 is 1.90 bits per heavy atom. The van der Waals surface area contributed by atoms with E-state index in [-0.39, 0.29) is 1.43 Å². The summed E-state index contributed by atoms with van der Waals surface area (Å²) in [7, 11) is 2.00. The highest BCUT2D eigenvalue weighted by atomic mass is 15.1. The van der Waals surface area contributed by atoms with Crippen LogP contribution in [-0.4, -0.2) is 38.1 Å². The van der Waals surface area contributed by atoms with Gasteiger partial charge in [0.2, 0.25) is 0 Å². The predicted molar refractivity (Wildman–Crippen MR) is 48.4 cm³/mol. The minimum atomic E-state index is 0. The maximum Gasteiger partial charge on any atom is 0 e. The number of hydrogen-bond acceptors (Lipinski definition) is 2. The van der Waals surface area contributed by atoms with Crippen molar-refractivity contribution in [3.8, 4) is 0 Å². The molecule has 0 saturated carbocycles. The van der Waals surface area contributed by atoms with Gasteiger partial charge in [-0.1, -0.05) is 13.8 Å². The topological polar surface area (TPSA) is 15.3 Å².